The number of nitrogens with one attached hydrogen (secondary N) is 2. The molecule has 0 atom stereocenters. The monoisotopic (exact) mass is 255 g/mol. The Morgan fingerprint density at radius 1 is 1.37 bits per heavy atom. The summed E-state index contributed by atoms with van der Waals surface area (Å²) in [7, 11) is 0. The predicted molar refractivity (Wildman–Crippen MR) is 66.3 cm³/mol. The van der Waals surface area contributed by atoms with Crippen LogP contribution in [0.3, 0.4) is 0 Å². The Morgan fingerprint density at radius 3 is 3.05 bits per heavy atom. The highest BCUT2D eigenvalue weighted by molar-refractivity contribution is 6.04. The highest BCUT2D eigenvalue weighted by atomic mass is 16.4. The number of anilines is 1. The fraction of sp³-hybridized carbons (Fsp3) is 0. The van der Waals surface area contributed by atoms with E-state index >= 15 is 0 Å². The lowest BCUT2D eigenvalue weighted by Crippen LogP contribution is -2.10. The fourth-order valence-electron chi connectivity index (χ4n) is 1.61. The Kier molecular flexibility index (Phi) is 2.77. The summed E-state index contributed by atoms with van der Waals surface area (Å²) in [6.45, 7) is 0. The molecular formula is C12H9N5O2. The molecule has 0 aliphatic rings. The predicted octanol–water partition coefficient (Wildman–Crippen LogP) is 1.71. The Morgan fingerprint density at radius 2 is 2.32 bits per heavy atom. The van der Waals surface area contributed by atoms with Gasteiger partial charge in [-0.25, -0.2) is 0 Å². The van der Waals surface area contributed by atoms with E-state index < -0.39 is 0 Å². The molecule has 0 radical (unpaired) electrons. The van der Waals surface area contributed by atoms with Gasteiger partial charge in [-0.1, -0.05) is 6.07 Å². The van der Waals surface area contributed by atoms with Crippen molar-refractivity contribution in [2.75, 3.05) is 5.32 Å². The average molecular weight is 255 g/mol. The van der Waals surface area contributed by atoms with Gasteiger partial charge in [-0.05, 0) is 18.2 Å². The summed E-state index contributed by atoms with van der Waals surface area (Å²) in [6, 6.07) is 7.15. The van der Waals surface area contributed by atoms with Gasteiger partial charge in [0.25, 0.3) is 5.91 Å². The average Bonchev–Trinajstić information content (AvgIpc) is 3.13. The van der Waals surface area contributed by atoms with Crippen LogP contribution in [0.25, 0.3) is 11.5 Å². The first-order valence-corrected chi connectivity index (χ1v) is 5.49. The number of nitrogens with zero attached hydrogens (tertiary/aromatic N) is 3. The van der Waals surface area contributed by atoms with Crippen LogP contribution in [-0.4, -0.2) is 26.3 Å². The number of hydrogen-bond acceptors (Lipinski definition) is 5. The number of carbonyl (C=O) groups is 1. The number of amides is 1. The van der Waals surface area contributed by atoms with Gasteiger partial charge in [-0.2, -0.15) is 5.10 Å². The molecule has 7 heteroatoms. The Balaban J connectivity index is 1.82. The molecule has 3 rings (SSSR count). The second kappa shape index (κ2) is 4.73. The van der Waals surface area contributed by atoms with Crippen LogP contribution in [0.15, 0.2) is 47.5 Å². The Bertz CT molecular complexity index is 676. The van der Waals surface area contributed by atoms with E-state index in [1.165, 1.54) is 18.8 Å². The Hall–Kier alpha value is -2.96. The number of aromatic amines is 1. The maximum Gasteiger partial charge on any atom is 0.258 e. The van der Waals surface area contributed by atoms with Crippen molar-refractivity contribution in [3.8, 4) is 11.5 Å². The number of aromatic nitrogens is 4. The smallest absolute Gasteiger partial charge is 0.258 e. The van der Waals surface area contributed by atoms with E-state index in [0.717, 1.165) is 5.56 Å². The molecule has 0 aliphatic carbocycles. The molecule has 2 aromatic heterocycles. The van der Waals surface area contributed by atoms with Crippen LogP contribution < -0.4 is 5.32 Å². The lowest BCUT2D eigenvalue weighted by molar-refractivity contribution is 0.102. The number of rotatable bonds is 3. The van der Waals surface area contributed by atoms with Crippen LogP contribution in [0.5, 0.6) is 0 Å². The van der Waals surface area contributed by atoms with Crippen LogP contribution in [0.4, 0.5) is 5.69 Å². The van der Waals surface area contributed by atoms with Crippen LogP contribution in [-0.2, 0) is 0 Å². The number of H-pyrrole nitrogens is 1. The van der Waals surface area contributed by atoms with Crippen molar-refractivity contribution in [3.63, 3.8) is 0 Å². The highest BCUT2D eigenvalue weighted by Gasteiger charge is 2.09. The maximum absolute atomic E-state index is 11.9. The zero-order valence-corrected chi connectivity index (χ0v) is 9.70. The third-order valence-corrected chi connectivity index (χ3v) is 2.49. The molecule has 1 aromatic carbocycles. The molecule has 0 fully saturated rings. The van der Waals surface area contributed by atoms with Crippen molar-refractivity contribution in [2.45, 2.75) is 0 Å². The summed E-state index contributed by atoms with van der Waals surface area (Å²) >= 11 is 0. The lowest BCUT2D eigenvalue weighted by atomic mass is 10.2. The lowest BCUT2D eigenvalue weighted by Gasteiger charge is -2.04. The molecule has 0 saturated carbocycles. The summed E-state index contributed by atoms with van der Waals surface area (Å²) in [6.07, 6.45) is 4.24. The minimum absolute atomic E-state index is 0.239. The molecule has 7 nitrogen and oxygen atoms in total. The summed E-state index contributed by atoms with van der Waals surface area (Å²) in [5.74, 6) is 0.163. The first-order valence-electron chi connectivity index (χ1n) is 5.49. The molecule has 0 bridgehead atoms. The van der Waals surface area contributed by atoms with E-state index in [9.17, 15) is 4.79 Å². The molecule has 19 heavy (non-hydrogen) atoms. The van der Waals surface area contributed by atoms with Gasteiger partial charge in [0.05, 0.1) is 11.8 Å². The molecule has 0 aliphatic heterocycles. The van der Waals surface area contributed by atoms with Crippen molar-refractivity contribution < 1.29 is 9.21 Å². The molecule has 1 amide bonds. The van der Waals surface area contributed by atoms with Gasteiger partial charge in [0, 0.05) is 17.4 Å². The molecule has 2 heterocycles. The second-order valence-corrected chi connectivity index (χ2v) is 3.77. The SMILES string of the molecule is O=C(Nc1cccc(-c2nnco2)c1)c1cn[nH]c1. The van der Waals surface area contributed by atoms with Crippen LogP contribution >= 0.6 is 0 Å². The molecule has 2 N–H and O–H groups in total. The summed E-state index contributed by atoms with van der Waals surface area (Å²) in [4.78, 5) is 11.9. The summed E-state index contributed by atoms with van der Waals surface area (Å²) < 4.78 is 5.10. The zero-order chi connectivity index (χ0) is 13.1. The number of benzene rings is 1. The third kappa shape index (κ3) is 2.34. The number of carbonyl (C=O) groups excluding carboxylic acids is 1. The normalized spacial score (nSPS) is 10.3. The molecule has 0 saturated heterocycles. The van der Waals surface area contributed by atoms with Gasteiger partial charge in [0.15, 0.2) is 0 Å². The standard InChI is InChI=1S/C12H9N5O2/c18-11(9-5-13-14-6-9)16-10-3-1-2-8(4-10)12-17-15-7-19-12/h1-7H,(H,13,14)(H,16,18). The van der Waals surface area contributed by atoms with E-state index in [1.54, 1.807) is 18.2 Å². The van der Waals surface area contributed by atoms with Gasteiger partial charge in [-0.15, -0.1) is 10.2 Å². The first-order chi connectivity index (χ1) is 9.33. The van der Waals surface area contributed by atoms with Crippen molar-refractivity contribution in [1.82, 2.24) is 20.4 Å². The fourth-order valence-corrected chi connectivity index (χ4v) is 1.61. The van der Waals surface area contributed by atoms with E-state index in [1.807, 2.05) is 6.07 Å². The number of hydrogen-bond donors (Lipinski definition) is 2. The van der Waals surface area contributed by atoms with Gasteiger partial charge in [0.2, 0.25) is 12.3 Å². The highest BCUT2D eigenvalue weighted by Crippen LogP contribution is 2.20. The van der Waals surface area contributed by atoms with Gasteiger partial charge >= 0.3 is 0 Å². The van der Waals surface area contributed by atoms with Crippen LogP contribution in [0, 0.1) is 0 Å². The first kappa shape index (κ1) is 11.1. The third-order valence-electron chi connectivity index (χ3n) is 2.49. The van der Waals surface area contributed by atoms with Crippen LogP contribution in [0.2, 0.25) is 0 Å². The van der Waals surface area contributed by atoms with Gasteiger partial charge in [-0.3, -0.25) is 9.89 Å². The Labute approximate surface area is 107 Å². The van der Waals surface area contributed by atoms with Crippen molar-refractivity contribution in [1.29, 1.82) is 0 Å². The zero-order valence-electron chi connectivity index (χ0n) is 9.70. The van der Waals surface area contributed by atoms with Gasteiger partial charge in [0.1, 0.15) is 0 Å². The molecule has 3 aromatic rings. The van der Waals surface area contributed by atoms with Crippen molar-refractivity contribution >= 4 is 11.6 Å². The van der Waals surface area contributed by atoms with Crippen molar-refractivity contribution in [2.24, 2.45) is 0 Å². The minimum Gasteiger partial charge on any atom is -0.423 e. The summed E-state index contributed by atoms with van der Waals surface area (Å²) in [5, 5.41) is 16.5. The van der Waals surface area contributed by atoms with Crippen molar-refractivity contribution in [3.05, 3.63) is 48.6 Å². The van der Waals surface area contributed by atoms with E-state index in [-0.39, 0.29) is 5.91 Å². The van der Waals surface area contributed by atoms with E-state index in [4.69, 9.17) is 4.42 Å². The molecule has 0 spiro atoms. The minimum atomic E-state index is -0.239. The second-order valence-electron chi connectivity index (χ2n) is 3.77. The molecule has 0 unspecified atom stereocenters. The quantitative estimate of drug-likeness (QED) is 0.742. The largest absolute Gasteiger partial charge is 0.423 e. The molecular weight excluding hydrogens is 246 g/mol. The van der Waals surface area contributed by atoms with Gasteiger partial charge < -0.3 is 9.73 Å². The topological polar surface area (TPSA) is 96.7 Å². The summed E-state index contributed by atoms with van der Waals surface area (Å²) in [5.41, 5.74) is 1.84. The van der Waals surface area contributed by atoms with E-state index in [2.05, 4.69) is 25.7 Å². The van der Waals surface area contributed by atoms with Crippen LogP contribution in [0.1, 0.15) is 10.4 Å². The maximum atomic E-state index is 11.9. The molecule has 94 valence electrons. The van der Waals surface area contributed by atoms with E-state index in [0.29, 0.717) is 17.1 Å².